The second-order valence-corrected chi connectivity index (χ2v) is 3.87. The van der Waals surface area contributed by atoms with Crippen molar-refractivity contribution < 1.29 is 14.5 Å². The van der Waals surface area contributed by atoms with Crippen LogP contribution in [0.4, 0.5) is 11.5 Å². The van der Waals surface area contributed by atoms with Crippen LogP contribution in [0, 0.1) is 10.1 Å². The molecule has 0 atom stereocenters. The highest BCUT2D eigenvalue weighted by Crippen LogP contribution is 2.20. The molecule has 0 aliphatic heterocycles. The molecule has 0 bridgehead atoms. The van der Waals surface area contributed by atoms with Crippen molar-refractivity contribution in [3.63, 3.8) is 0 Å². The smallest absolute Gasteiger partial charge is 0.276 e. The Hall–Kier alpha value is -1.93. The first-order valence-electron chi connectivity index (χ1n) is 5.34. The van der Waals surface area contributed by atoms with Crippen molar-refractivity contribution in [3.8, 4) is 0 Å². The molecule has 0 aromatic carbocycles. The maximum atomic E-state index is 11.4. The van der Waals surface area contributed by atoms with Gasteiger partial charge in [-0.2, -0.15) is 0 Å². The van der Waals surface area contributed by atoms with Crippen molar-refractivity contribution in [1.82, 2.24) is 10.3 Å². The summed E-state index contributed by atoms with van der Waals surface area (Å²) in [4.78, 5) is 25.2. The number of methoxy groups -OCH3 is 1. The van der Waals surface area contributed by atoms with Gasteiger partial charge in [0.2, 0.25) is 5.91 Å². The van der Waals surface area contributed by atoms with Gasteiger partial charge in [-0.3, -0.25) is 14.9 Å². The molecule has 0 unspecified atom stereocenters. The summed E-state index contributed by atoms with van der Waals surface area (Å²) in [5.41, 5.74) is -0.192. The molecule has 0 spiro atoms. The summed E-state index contributed by atoms with van der Waals surface area (Å²) in [6.45, 7) is 0.737. The van der Waals surface area contributed by atoms with Crippen LogP contribution in [-0.4, -0.2) is 42.6 Å². The number of amides is 1. The maximum absolute atomic E-state index is 11.4. The van der Waals surface area contributed by atoms with E-state index in [0.717, 1.165) is 6.07 Å². The van der Waals surface area contributed by atoms with E-state index in [1.807, 2.05) is 0 Å². The normalized spacial score (nSPS) is 10.0. The molecule has 1 aromatic rings. The number of nitrogens with one attached hydrogen (secondary N) is 2. The molecule has 9 heteroatoms. The predicted molar refractivity (Wildman–Crippen MR) is 69.3 cm³/mol. The van der Waals surface area contributed by atoms with Gasteiger partial charge < -0.3 is 15.4 Å². The first kappa shape index (κ1) is 15.1. The van der Waals surface area contributed by atoms with E-state index in [4.69, 9.17) is 16.3 Å². The van der Waals surface area contributed by atoms with E-state index in [1.54, 1.807) is 0 Å². The van der Waals surface area contributed by atoms with Crippen molar-refractivity contribution in [3.05, 3.63) is 27.4 Å². The second-order valence-electron chi connectivity index (χ2n) is 3.49. The minimum Gasteiger partial charge on any atom is -0.383 e. The van der Waals surface area contributed by atoms with E-state index in [9.17, 15) is 14.9 Å². The van der Waals surface area contributed by atoms with Crippen LogP contribution in [0.15, 0.2) is 12.1 Å². The predicted octanol–water partition coefficient (Wildman–Crippen LogP) is 0.818. The molecule has 1 heterocycles. The lowest BCUT2D eigenvalue weighted by Crippen LogP contribution is -2.32. The minimum absolute atomic E-state index is 0.0171. The lowest BCUT2D eigenvalue weighted by Gasteiger charge is -2.07. The van der Waals surface area contributed by atoms with Crippen LogP contribution in [0.1, 0.15) is 0 Å². The molecule has 1 amide bonds. The quantitative estimate of drug-likeness (QED) is 0.333. The first-order chi connectivity index (χ1) is 9.02. The molecule has 0 aliphatic rings. The second kappa shape index (κ2) is 7.49. The average Bonchev–Trinajstić information content (AvgIpc) is 2.36. The van der Waals surface area contributed by atoms with E-state index >= 15 is 0 Å². The highest BCUT2D eigenvalue weighted by molar-refractivity contribution is 6.29. The highest BCUT2D eigenvalue weighted by Gasteiger charge is 2.10. The molecule has 0 radical (unpaired) electrons. The lowest BCUT2D eigenvalue weighted by atomic mass is 10.4. The van der Waals surface area contributed by atoms with Gasteiger partial charge in [0.1, 0.15) is 11.0 Å². The monoisotopic (exact) mass is 288 g/mol. The number of carbonyl (C=O) groups is 1. The van der Waals surface area contributed by atoms with Crippen LogP contribution in [0.5, 0.6) is 0 Å². The molecule has 0 saturated carbocycles. The average molecular weight is 289 g/mol. The summed E-state index contributed by atoms with van der Waals surface area (Å²) in [5, 5.41) is 15.8. The minimum atomic E-state index is -0.586. The van der Waals surface area contributed by atoms with Crippen LogP contribution in [0.2, 0.25) is 5.15 Å². The van der Waals surface area contributed by atoms with Crippen LogP contribution in [0.25, 0.3) is 0 Å². The maximum Gasteiger partial charge on any atom is 0.276 e. The zero-order chi connectivity index (χ0) is 14.3. The third-order valence-electron chi connectivity index (χ3n) is 2.05. The number of hydrogen-bond acceptors (Lipinski definition) is 6. The molecule has 8 nitrogen and oxygen atoms in total. The number of rotatable bonds is 7. The fourth-order valence-electron chi connectivity index (χ4n) is 1.21. The summed E-state index contributed by atoms with van der Waals surface area (Å²) >= 11 is 5.64. The van der Waals surface area contributed by atoms with Crippen molar-refractivity contribution in [2.75, 3.05) is 32.1 Å². The number of ether oxygens (including phenoxy) is 1. The Kier molecular flexibility index (Phi) is 5.97. The van der Waals surface area contributed by atoms with Gasteiger partial charge in [-0.05, 0) is 0 Å². The van der Waals surface area contributed by atoms with E-state index < -0.39 is 4.92 Å². The molecule has 2 N–H and O–H groups in total. The SMILES string of the molecule is COCCNC(=O)CNc1cc([N+](=O)[O-])cc(Cl)n1. The fourth-order valence-corrected chi connectivity index (χ4v) is 1.41. The van der Waals surface area contributed by atoms with Crippen molar-refractivity contribution >= 4 is 29.0 Å². The summed E-state index contributed by atoms with van der Waals surface area (Å²) < 4.78 is 4.77. The molecule has 0 aliphatic carbocycles. The number of aromatic nitrogens is 1. The molecular formula is C10H13ClN4O4. The zero-order valence-corrected chi connectivity index (χ0v) is 10.9. The molecule has 0 saturated heterocycles. The van der Waals surface area contributed by atoms with Crippen molar-refractivity contribution in [1.29, 1.82) is 0 Å². The topological polar surface area (TPSA) is 106 Å². The number of anilines is 1. The Balaban J connectivity index is 2.53. The first-order valence-corrected chi connectivity index (χ1v) is 5.72. The van der Waals surface area contributed by atoms with Gasteiger partial charge in [-0.1, -0.05) is 11.6 Å². The Morgan fingerprint density at radius 1 is 1.58 bits per heavy atom. The standard InChI is InChI=1S/C10H13ClN4O4/c1-19-3-2-12-10(16)6-13-9-5-7(15(17)18)4-8(11)14-9/h4-5H,2-3,6H2,1H3,(H,12,16)(H,13,14). The molecule has 1 rings (SSSR count). The van der Waals surface area contributed by atoms with Gasteiger partial charge in [0.15, 0.2) is 0 Å². The molecular weight excluding hydrogens is 276 g/mol. The summed E-state index contributed by atoms with van der Waals surface area (Å²) in [6.07, 6.45) is 0. The van der Waals surface area contributed by atoms with Gasteiger partial charge in [-0.25, -0.2) is 4.98 Å². The van der Waals surface area contributed by atoms with Crippen molar-refractivity contribution in [2.24, 2.45) is 0 Å². The zero-order valence-electron chi connectivity index (χ0n) is 10.2. The Morgan fingerprint density at radius 2 is 2.32 bits per heavy atom. The van der Waals surface area contributed by atoms with E-state index in [1.165, 1.54) is 13.2 Å². The van der Waals surface area contributed by atoms with Crippen LogP contribution in [0.3, 0.4) is 0 Å². The number of pyridine rings is 1. The number of carbonyl (C=O) groups excluding carboxylic acids is 1. The van der Waals surface area contributed by atoms with Gasteiger partial charge in [-0.15, -0.1) is 0 Å². The Bertz CT molecular complexity index is 469. The third-order valence-corrected chi connectivity index (χ3v) is 2.24. The number of hydrogen-bond donors (Lipinski definition) is 2. The van der Waals surface area contributed by atoms with Crippen LogP contribution < -0.4 is 10.6 Å². The largest absolute Gasteiger partial charge is 0.383 e. The van der Waals surface area contributed by atoms with E-state index in [0.29, 0.717) is 13.2 Å². The Labute approximate surface area is 114 Å². The summed E-state index contributed by atoms with van der Waals surface area (Å²) in [6, 6.07) is 2.33. The van der Waals surface area contributed by atoms with E-state index in [-0.39, 0.29) is 29.1 Å². The number of nitro groups is 1. The van der Waals surface area contributed by atoms with Crippen LogP contribution in [-0.2, 0) is 9.53 Å². The molecule has 19 heavy (non-hydrogen) atoms. The fraction of sp³-hybridized carbons (Fsp3) is 0.400. The molecule has 1 aromatic heterocycles. The molecule has 104 valence electrons. The summed E-state index contributed by atoms with van der Waals surface area (Å²) in [7, 11) is 1.53. The van der Waals surface area contributed by atoms with Gasteiger partial charge in [0, 0.05) is 13.7 Å². The van der Waals surface area contributed by atoms with Gasteiger partial charge in [0.25, 0.3) is 5.69 Å². The summed E-state index contributed by atoms with van der Waals surface area (Å²) in [5.74, 6) is -0.109. The lowest BCUT2D eigenvalue weighted by molar-refractivity contribution is -0.384. The Morgan fingerprint density at radius 3 is 2.95 bits per heavy atom. The number of halogens is 1. The highest BCUT2D eigenvalue weighted by atomic mass is 35.5. The molecule has 0 fully saturated rings. The van der Waals surface area contributed by atoms with Crippen LogP contribution >= 0.6 is 11.6 Å². The van der Waals surface area contributed by atoms with Crippen molar-refractivity contribution in [2.45, 2.75) is 0 Å². The third kappa shape index (κ3) is 5.49. The van der Waals surface area contributed by atoms with E-state index in [2.05, 4.69) is 15.6 Å². The van der Waals surface area contributed by atoms with Gasteiger partial charge >= 0.3 is 0 Å². The van der Waals surface area contributed by atoms with Gasteiger partial charge in [0.05, 0.1) is 30.2 Å². The number of nitrogens with zero attached hydrogens (tertiary/aromatic N) is 2.